The molecule has 1 aromatic heterocycles. The number of pyridine rings is 1. The lowest BCUT2D eigenvalue weighted by Crippen LogP contribution is -2.45. The molecule has 0 aliphatic heterocycles. The highest BCUT2D eigenvalue weighted by Crippen LogP contribution is 2.26. The first-order valence-corrected chi connectivity index (χ1v) is 9.39. The van der Waals surface area contributed by atoms with E-state index in [4.69, 9.17) is 10.5 Å². The molecule has 1 aliphatic carbocycles. The normalized spacial score (nSPS) is 16.0. The Morgan fingerprint density at radius 1 is 1.23 bits per heavy atom. The molecule has 5 nitrogen and oxygen atoms in total. The molecular formula is C21H27N3O2. The number of carbonyl (C=O) groups is 1. The van der Waals surface area contributed by atoms with Crippen LogP contribution in [0, 0.1) is 5.92 Å². The third-order valence-electron chi connectivity index (χ3n) is 5.01. The van der Waals surface area contributed by atoms with E-state index in [-0.39, 0.29) is 11.9 Å². The van der Waals surface area contributed by atoms with E-state index in [1.54, 1.807) is 24.5 Å². The van der Waals surface area contributed by atoms with Crippen molar-refractivity contribution in [1.29, 1.82) is 0 Å². The largest absolute Gasteiger partial charge is 0.489 e. The second-order valence-corrected chi connectivity index (χ2v) is 6.89. The monoisotopic (exact) mass is 353 g/mol. The molecule has 138 valence electrons. The summed E-state index contributed by atoms with van der Waals surface area (Å²) in [6, 6.07) is 11.2. The predicted octanol–water partition coefficient (Wildman–Crippen LogP) is 3.30. The second kappa shape index (κ2) is 9.34. The maximum Gasteiger partial charge on any atom is 0.251 e. The van der Waals surface area contributed by atoms with Crippen LogP contribution in [0.5, 0.6) is 5.75 Å². The van der Waals surface area contributed by atoms with Crippen LogP contribution in [0.15, 0.2) is 48.8 Å². The Bertz CT molecular complexity index is 699. The van der Waals surface area contributed by atoms with Gasteiger partial charge in [-0.1, -0.05) is 31.4 Å². The highest BCUT2D eigenvalue weighted by Gasteiger charge is 2.24. The van der Waals surface area contributed by atoms with Gasteiger partial charge in [0.05, 0.1) is 0 Å². The lowest BCUT2D eigenvalue weighted by Gasteiger charge is -2.30. The summed E-state index contributed by atoms with van der Waals surface area (Å²) in [7, 11) is 0. The van der Waals surface area contributed by atoms with E-state index < -0.39 is 0 Å². The molecule has 26 heavy (non-hydrogen) atoms. The van der Waals surface area contributed by atoms with Crippen LogP contribution in [0.2, 0.25) is 0 Å². The minimum atomic E-state index is -0.0853. The van der Waals surface area contributed by atoms with Crippen LogP contribution in [0.1, 0.15) is 48.0 Å². The summed E-state index contributed by atoms with van der Waals surface area (Å²) in [5, 5.41) is 3.12. The predicted molar refractivity (Wildman–Crippen MR) is 102 cm³/mol. The van der Waals surface area contributed by atoms with Crippen molar-refractivity contribution in [3.63, 3.8) is 0 Å². The average Bonchev–Trinajstić information content (AvgIpc) is 2.72. The highest BCUT2D eigenvalue weighted by molar-refractivity contribution is 5.94. The first-order valence-electron chi connectivity index (χ1n) is 9.39. The van der Waals surface area contributed by atoms with Crippen LogP contribution in [-0.2, 0) is 6.61 Å². The number of hydrogen-bond acceptors (Lipinski definition) is 4. The topological polar surface area (TPSA) is 77.2 Å². The summed E-state index contributed by atoms with van der Waals surface area (Å²) >= 11 is 0. The molecule has 1 unspecified atom stereocenters. The minimum Gasteiger partial charge on any atom is -0.489 e. The maximum absolute atomic E-state index is 12.7. The summed E-state index contributed by atoms with van der Waals surface area (Å²) in [6.07, 6.45) is 9.55. The van der Waals surface area contributed by atoms with Crippen molar-refractivity contribution in [3.05, 3.63) is 59.9 Å². The van der Waals surface area contributed by atoms with Crippen molar-refractivity contribution in [2.75, 3.05) is 6.54 Å². The van der Waals surface area contributed by atoms with Crippen LogP contribution >= 0.6 is 0 Å². The zero-order chi connectivity index (χ0) is 18.2. The van der Waals surface area contributed by atoms with Crippen molar-refractivity contribution in [2.45, 2.75) is 44.8 Å². The standard InChI is InChI=1S/C21H27N3O2/c22-13-20(17-7-2-1-3-8-17)24-21(25)18-9-4-10-19(12-18)26-15-16-6-5-11-23-14-16/h4-6,9-12,14,17,20H,1-3,7-8,13,15,22H2,(H,24,25). The number of rotatable bonds is 7. The van der Waals surface area contributed by atoms with E-state index in [1.165, 1.54) is 19.3 Å². The highest BCUT2D eigenvalue weighted by atomic mass is 16.5. The zero-order valence-electron chi connectivity index (χ0n) is 15.1. The second-order valence-electron chi connectivity index (χ2n) is 6.89. The molecule has 0 spiro atoms. The lowest BCUT2D eigenvalue weighted by atomic mass is 9.84. The summed E-state index contributed by atoms with van der Waals surface area (Å²) in [4.78, 5) is 16.7. The number of nitrogens with two attached hydrogens (primary N) is 1. The van der Waals surface area contributed by atoms with Gasteiger partial charge >= 0.3 is 0 Å². The molecule has 5 heteroatoms. The fourth-order valence-corrected chi connectivity index (χ4v) is 3.53. The molecule has 2 aromatic rings. The summed E-state index contributed by atoms with van der Waals surface area (Å²) in [6.45, 7) is 0.903. The Morgan fingerprint density at radius 2 is 2.08 bits per heavy atom. The van der Waals surface area contributed by atoms with E-state index >= 15 is 0 Å². The number of nitrogens with one attached hydrogen (secondary N) is 1. The van der Waals surface area contributed by atoms with Crippen LogP contribution < -0.4 is 15.8 Å². The lowest BCUT2D eigenvalue weighted by molar-refractivity contribution is 0.0915. The molecule has 0 bridgehead atoms. The van der Waals surface area contributed by atoms with E-state index in [1.807, 2.05) is 24.3 Å². The van der Waals surface area contributed by atoms with Crippen molar-refractivity contribution < 1.29 is 9.53 Å². The molecule has 3 N–H and O–H groups in total. The van der Waals surface area contributed by atoms with Crippen molar-refractivity contribution in [3.8, 4) is 5.75 Å². The smallest absolute Gasteiger partial charge is 0.251 e. The van der Waals surface area contributed by atoms with Gasteiger partial charge in [-0.15, -0.1) is 0 Å². The van der Waals surface area contributed by atoms with Gasteiger partial charge in [0.1, 0.15) is 12.4 Å². The number of carbonyl (C=O) groups excluding carboxylic acids is 1. The fourth-order valence-electron chi connectivity index (χ4n) is 3.53. The SMILES string of the molecule is NCC(NC(=O)c1cccc(OCc2cccnc2)c1)C1CCCCC1. The maximum atomic E-state index is 12.7. The average molecular weight is 353 g/mol. The Kier molecular flexibility index (Phi) is 6.61. The van der Waals surface area contributed by atoms with Gasteiger partial charge in [0.15, 0.2) is 0 Å². The third-order valence-corrected chi connectivity index (χ3v) is 5.01. The Hall–Kier alpha value is -2.40. The molecule has 0 radical (unpaired) electrons. The Labute approximate surface area is 155 Å². The van der Waals surface area contributed by atoms with Gasteiger partial charge < -0.3 is 15.8 Å². The van der Waals surface area contributed by atoms with E-state index in [0.717, 1.165) is 18.4 Å². The number of benzene rings is 1. The van der Waals surface area contributed by atoms with Gasteiger partial charge in [0.25, 0.3) is 5.91 Å². The van der Waals surface area contributed by atoms with Crippen LogP contribution in [-0.4, -0.2) is 23.5 Å². The molecule has 1 amide bonds. The van der Waals surface area contributed by atoms with E-state index in [0.29, 0.717) is 30.4 Å². The number of hydrogen-bond donors (Lipinski definition) is 2. The van der Waals surface area contributed by atoms with Crippen molar-refractivity contribution >= 4 is 5.91 Å². The minimum absolute atomic E-state index is 0.0442. The number of amides is 1. The van der Waals surface area contributed by atoms with Gasteiger partial charge in [0.2, 0.25) is 0 Å². The molecule has 3 rings (SSSR count). The third kappa shape index (κ3) is 5.05. The van der Waals surface area contributed by atoms with Gasteiger partial charge in [-0.2, -0.15) is 0 Å². The number of nitrogens with zero attached hydrogens (tertiary/aromatic N) is 1. The van der Waals surface area contributed by atoms with Gasteiger partial charge in [-0.25, -0.2) is 0 Å². The Morgan fingerprint density at radius 3 is 2.81 bits per heavy atom. The quantitative estimate of drug-likeness (QED) is 0.801. The van der Waals surface area contributed by atoms with Gasteiger partial charge in [0, 0.05) is 36.1 Å². The van der Waals surface area contributed by atoms with Crippen LogP contribution in [0.3, 0.4) is 0 Å². The van der Waals surface area contributed by atoms with Crippen LogP contribution in [0.25, 0.3) is 0 Å². The first kappa shape index (κ1) is 18.4. The summed E-state index contributed by atoms with van der Waals surface area (Å²) in [5.74, 6) is 1.07. The van der Waals surface area contributed by atoms with Gasteiger partial charge in [-0.3, -0.25) is 9.78 Å². The number of aromatic nitrogens is 1. The molecule has 1 fully saturated rings. The van der Waals surface area contributed by atoms with Gasteiger partial charge in [-0.05, 0) is 43.0 Å². The van der Waals surface area contributed by atoms with E-state index in [9.17, 15) is 4.79 Å². The zero-order valence-corrected chi connectivity index (χ0v) is 15.1. The van der Waals surface area contributed by atoms with Crippen molar-refractivity contribution in [1.82, 2.24) is 10.3 Å². The van der Waals surface area contributed by atoms with Crippen LogP contribution in [0.4, 0.5) is 0 Å². The molecule has 1 aromatic carbocycles. The van der Waals surface area contributed by atoms with E-state index in [2.05, 4.69) is 10.3 Å². The first-order chi connectivity index (χ1) is 12.8. The summed E-state index contributed by atoms with van der Waals surface area (Å²) < 4.78 is 5.79. The van der Waals surface area contributed by atoms with Crippen molar-refractivity contribution in [2.24, 2.45) is 11.7 Å². The molecule has 1 heterocycles. The molecular weight excluding hydrogens is 326 g/mol. The number of ether oxygens (including phenoxy) is 1. The fraction of sp³-hybridized carbons (Fsp3) is 0.429. The molecule has 1 aliphatic rings. The molecule has 1 atom stereocenters. The Balaban J connectivity index is 1.60. The molecule has 1 saturated carbocycles. The summed E-state index contributed by atoms with van der Waals surface area (Å²) in [5.41, 5.74) is 7.52. The molecule has 0 saturated heterocycles.